The van der Waals surface area contributed by atoms with Crippen LogP contribution < -0.4 is 4.74 Å². The Morgan fingerprint density at radius 3 is 2.93 bits per heavy atom. The van der Waals surface area contributed by atoms with Crippen LogP contribution >= 0.6 is 22.9 Å². The predicted molar refractivity (Wildman–Crippen MR) is 58.8 cm³/mol. The summed E-state index contributed by atoms with van der Waals surface area (Å²) in [6.45, 7) is 0. The highest BCUT2D eigenvalue weighted by Crippen LogP contribution is 2.36. The van der Waals surface area contributed by atoms with Gasteiger partial charge in [-0.2, -0.15) is 0 Å². The molecular formula is C10H7ClO2S. The smallest absolute Gasteiger partial charge is 0.174 e. The molecule has 0 atom stereocenters. The van der Waals surface area contributed by atoms with E-state index in [0.29, 0.717) is 10.6 Å². The fourth-order valence-corrected chi connectivity index (χ4v) is 2.47. The molecule has 0 saturated carbocycles. The molecule has 0 amide bonds. The SMILES string of the molecule is COc1cc2c(Cl)c(C=O)ccc2s1. The topological polar surface area (TPSA) is 26.3 Å². The fraction of sp³-hybridized carbons (Fsp3) is 0.100. The maximum Gasteiger partial charge on any atom is 0.174 e. The first-order valence-corrected chi connectivity index (χ1v) is 5.17. The summed E-state index contributed by atoms with van der Waals surface area (Å²) in [7, 11) is 1.61. The summed E-state index contributed by atoms with van der Waals surface area (Å²) in [5, 5.41) is 2.17. The number of hydrogen-bond donors (Lipinski definition) is 0. The van der Waals surface area contributed by atoms with Crippen LogP contribution in [0.3, 0.4) is 0 Å². The fourth-order valence-electron chi connectivity index (χ4n) is 1.26. The van der Waals surface area contributed by atoms with Crippen molar-refractivity contribution in [3.63, 3.8) is 0 Å². The lowest BCUT2D eigenvalue weighted by molar-refractivity contribution is 0.112. The van der Waals surface area contributed by atoms with Gasteiger partial charge < -0.3 is 4.74 Å². The van der Waals surface area contributed by atoms with Gasteiger partial charge in [0.15, 0.2) is 11.3 Å². The van der Waals surface area contributed by atoms with Crippen LogP contribution in [0.2, 0.25) is 5.02 Å². The number of fused-ring (bicyclic) bond motifs is 1. The van der Waals surface area contributed by atoms with Crippen molar-refractivity contribution in [1.29, 1.82) is 0 Å². The maximum atomic E-state index is 10.6. The molecule has 72 valence electrons. The molecule has 1 aromatic heterocycles. The van der Waals surface area contributed by atoms with Crippen molar-refractivity contribution in [2.24, 2.45) is 0 Å². The van der Waals surface area contributed by atoms with Crippen molar-refractivity contribution >= 4 is 39.3 Å². The minimum atomic E-state index is 0.497. The van der Waals surface area contributed by atoms with E-state index in [2.05, 4.69) is 0 Å². The van der Waals surface area contributed by atoms with Crippen LogP contribution in [0.4, 0.5) is 0 Å². The average Bonchev–Trinajstić information content (AvgIpc) is 2.62. The molecule has 1 heterocycles. The normalized spacial score (nSPS) is 10.4. The summed E-state index contributed by atoms with van der Waals surface area (Å²) in [5.41, 5.74) is 0.514. The Hall–Kier alpha value is -1.06. The van der Waals surface area contributed by atoms with Crippen LogP contribution in [0.1, 0.15) is 10.4 Å². The van der Waals surface area contributed by atoms with Crippen molar-refractivity contribution in [2.75, 3.05) is 7.11 Å². The van der Waals surface area contributed by atoms with Crippen LogP contribution in [-0.4, -0.2) is 13.4 Å². The van der Waals surface area contributed by atoms with Crippen molar-refractivity contribution in [3.8, 4) is 5.06 Å². The summed E-state index contributed by atoms with van der Waals surface area (Å²) in [6.07, 6.45) is 0.756. The molecule has 0 saturated heterocycles. The number of hydrogen-bond acceptors (Lipinski definition) is 3. The second-order valence-electron chi connectivity index (χ2n) is 2.77. The molecule has 0 aliphatic carbocycles. The third kappa shape index (κ3) is 1.38. The maximum absolute atomic E-state index is 10.6. The summed E-state index contributed by atoms with van der Waals surface area (Å²) < 4.78 is 6.12. The summed E-state index contributed by atoms with van der Waals surface area (Å²) >= 11 is 7.54. The lowest BCUT2D eigenvalue weighted by atomic mass is 10.2. The van der Waals surface area contributed by atoms with Crippen molar-refractivity contribution < 1.29 is 9.53 Å². The molecule has 14 heavy (non-hydrogen) atoms. The van der Waals surface area contributed by atoms with Crippen LogP contribution in [0.5, 0.6) is 5.06 Å². The number of ether oxygens (including phenoxy) is 1. The van der Waals surface area contributed by atoms with Crippen molar-refractivity contribution in [3.05, 3.63) is 28.8 Å². The Balaban J connectivity index is 2.74. The van der Waals surface area contributed by atoms with E-state index in [1.165, 1.54) is 11.3 Å². The first-order valence-electron chi connectivity index (χ1n) is 3.97. The molecule has 0 aliphatic rings. The number of thiophene rings is 1. The molecule has 2 aromatic rings. The zero-order valence-electron chi connectivity index (χ0n) is 7.41. The standard InChI is InChI=1S/C10H7ClO2S/c1-13-9-4-7-8(14-9)3-2-6(5-12)10(7)11/h2-5H,1H3. The van der Waals surface area contributed by atoms with E-state index < -0.39 is 0 Å². The lowest BCUT2D eigenvalue weighted by Gasteiger charge is -1.95. The average molecular weight is 227 g/mol. The Morgan fingerprint density at radius 1 is 1.50 bits per heavy atom. The van der Waals surface area contributed by atoms with E-state index in [1.54, 1.807) is 13.2 Å². The zero-order chi connectivity index (χ0) is 10.1. The molecular weight excluding hydrogens is 220 g/mol. The minimum Gasteiger partial charge on any atom is -0.487 e. The molecule has 0 spiro atoms. The van der Waals surface area contributed by atoms with E-state index in [-0.39, 0.29) is 0 Å². The Kier molecular flexibility index (Phi) is 2.44. The molecule has 2 rings (SSSR count). The Labute approximate surface area is 90.1 Å². The number of carbonyl (C=O) groups excluding carboxylic acids is 1. The van der Waals surface area contributed by atoms with Gasteiger partial charge in [0, 0.05) is 21.7 Å². The monoisotopic (exact) mass is 226 g/mol. The van der Waals surface area contributed by atoms with Gasteiger partial charge in [-0.15, -0.1) is 0 Å². The molecule has 0 fully saturated rings. The minimum absolute atomic E-state index is 0.497. The second kappa shape index (κ2) is 3.59. The third-order valence-electron chi connectivity index (χ3n) is 1.97. The molecule has 4 heteroatoms. The number of rotatable bonds is 2. The van der Waals surface area contributed by atoms with Gasteiger partial charge in [0.25, 0.3) is 0 Å². The van der Waals surface area contributed by atoms with Gasteiger partial charge in [-0.3, -0.25) is 4.79 Å². The number of benzene rings is 1. The third-order valence-corrected chi connectivity index (χ3v) is 3.45. The van der Waals surface area contributed by atoms with Crippen LogP contribution in [0.15, 0.2) is 18.2 Å². The summed E-state index contributed by atoms with van der Waals surface area (Å²) in [5.74, 6) is 0. The lowest BCUT2D eigenvalue weighted by Crippen LogP contribution is -1.80. The molecule has 2 nitrogen and oxygen atoms in total. The van der Waals surface area contributed by atoms with Crippen molar-refractivity contribution in [2.45, 2.75) is 0 Å². The largest absolute Gasteiger partial charge is 0.487 e. The molecule has 0 radical (unpaired) electrons. The zero-order valence-corrected chi connectivity index (χ0v) is 8.98. The molecule has 0 bridgehead atoms. The first-order chi connectivity index (χ1) is 6.76. The van der Waals surface area contributed by atoms with E-state index in [4.69, 9.17) is 16.3 Å². The van der Waals surface area contributed by atoms with Crippen molar-refractivity contribution in [1.82, 2.24) is 0 Å². The van der Waals surface area contributed by atoms with Gasteiger partial charge in [0.2, 0.25) is 0 Å². The number of methoxy groups -OCH3 is 1. The molecule has 0 N–H and O–H groups in total. The van der Waals surface area contributed by atoms with E-state index in [9.17, 15) is 4.79 Å². The molecule has 1 aromatic carbocycles. The highest BCUT2D eigenvalue weighted by molar-refractivity contribution is 7.20. The van der Waals surface area contributed by atoms with E-state index >= 15 is 0 Å². The first kappa shape index (κ1) is 9.49. The number of carbonyl (C=O) groups is 1. The quantitative estimate of drug-likeness (QED) is 0.734. The number of aldehydes is 1. The van der Waals surface area contributed by atoms with Crippen LogP contribution in [0, 0.1) is 0 Å². The Bertz CT molecular complexity index is 490. The highest BCUT2D eigenvalue weighted by Gasteiger charge is 2.08. The van der Waals surface area contributed by atoms with Gasteiger partial charge in [-0.05, 0) is 12.1 Å². The van der Waals surface area contributed by atoms with E-state index in [1.807, 2.05) is 12.1 Å². The van der Waals surface area contributed by atoms with Crippen LogP contribution in [0.25, 0.3) is 10.1 Å². The van der Waals surface area contributed by atoms with Gasteiger partial charge in [0.1, 0.15) is 0 Å². The summed E-state index contributed by atoms with van der Waals surface area (Å²) in [6, 6.07) is 5.43. The van der Waals surface area contributed by atoms with E-state index in [0.717, 1.165) is 21.4 Å². The van der Waals surface area contributed by atoms with Gasteiger partial charge in [-0.1, -0.05) is 22.9 Å². The summed E-state index contributed by atoms with van der Waals surface area (Å²) in [4.78, 5) is 10.6. The predicted octanol–water partition coefficient (Wildman–Crippen LogP) is 3.38. The van der Waals surface area contributed by atoms with Gasteiger partial charge in [0.05, 0.1) is 12.1 Å². The Morgan fingerprint density at radius 2 is 2.29 bits per heavy atom. The van der Waals surface area contributed by atoms with Gasteiger partial charge >= 0.3 is 0 Å². The molecule has 0 unspecified atom stereocenters. The van der Waals surface area contributed by atoms with Crippen LogP contribution in [-0.2, 0) is 0 Å². The second-order valence-corrected chi connectivity index (χ2v) is 4.19. The molecule has 0 aliphatic heterocycles. The number of halogens is 1. The highest BCUT2D eigenvalue weighted by atomic mass is 35.5. The van der Waals surface area contributed by atoms with Gasteiger partial charge in [-0.25, -0.2) is 0 Å².